The molecule has 5 rings (SSSR count). The molecule has 0 aliphatic heterocycles. The molecule has 2 nitrogen and oxygen atoms in total. The molecule has 5 aromatic rings. The Morgan fingerprint density at radius 1 is 0.667 bits per heavy atom. The van der Waals surface area contributed by atoms with Crippen molar-refractivity contribution in [2.75, 3.05) is 0 Å². The predicted octanol–water partition coefficient (Wildman–Crippen LogP) is 8.92. The van der Waals surface area contributed by atoms with Gasteiger partial charge in [0.2, 0.25) is 0 Å². The minimum atomic E-state index is 0. The van der Waals surface area contributed by atoms with Crippen LogP contribution in [0.4, 0.5) is 0 Å². The van der Waals surface area contributed by atoms with Crippen LogP contribution in [-0.2, 0) is 20.1 Å². The van der Waals surface area contributed by atoms with Gasteiger partial charge < -0.3 is 4.57 Å². The van der Waals surface area contributed by atoms with Crippen molar-refractivity contribution in [1.29, 1.82) is 0 Å². The van der Waals surface area contributed by atoms with Gasteiger partial charge in [-0.15, -0.1) is 35.9 Å². The predicted molar refractivity (Wildman–Crippen MR) is 147 cm³/mol. The summed E-state index contributed by atoms with van der Waals surface area (Å²) in [5.74, 6) is 1.64. The van der Waals surface area contributed by atoms with Crippen molar-refractivity contribution in [2.24, 2.45) is 0 Å². The molecule has 0 spiro atoms. The third-order valence-electron chi connectivity index (χ3n) is 6.55. The zero-order chi connectivity index (χ0) is 24.4. The Bertz CT molecular complexity index is 1400. The minimum Gasteiger partial charge on any atom is -0.340 e. The molecule has 1 heterocycles. The molecule has 0 atom stereocenters. The van der Waals surface area contributed by atoms with Crippen LogP contribution in [0.5, 0.6) is 0 Å². The first-order valence-electron chi connectivity index (χ1n) is 12.4. The van der Waals surface area contributed by atoms with Crippen LogP contribution < -0.4 is 0 Å². The van der Waals surface area contributed by atoms with Gasteiger partial charge in [0.05, 0.1) is 5.82 Å². The second kappa shape index (κ2) is 11.2. The number of imidazole rings is 1. The number of hydrogen-bond acceptors (Lipinski definition) is 1. The molecule has 0 amide bonds. The number of hydrogen-bond donors (Lipinski definition) is 0. The fourth-order valence-electron chi connectivity index (χ4n) is 4.73. The molecule has 0 fully saturated rings. The van der Waals surface area contributed by atoms with Crippen molar-refractivity contribution in [2.45, 2.75) is 39.5 Å². The fourth-order valence-corrected chi connectivity index (χ4v) is 4.73. The number of aromatic nitrogens is 2. The summed E-state index contributed by atoms with van der Waals surface area (Å²) in [6, 6.07) is 35.6. The molecule has 0 aliphatic carbocycles. The summed E-state index contributed by atoms with van der Waals surface area (Å²) in [4.78, 5) is 4.72. The Hall–Kier alpha value is -3.26. The topological polar surface area (TPSA) is 17.8 Å². The molecular weight excluding hydrogens is 617 g/mol. The van der Waals surface area contributed by atoms with Gasteiger partial charge in [-0.25, -0.2) is 0 Å². The first-order valence-corrected chi connectivity index (χ1v) is 12.4. The smallest absolute Gasteiger partial charge is 0.0602 e. The van der Waals surface area contributed by atoms with E-state index in [2.05, 4.69) is 117 Å². The zero-order valence-corrected chi connectivity index (χ0v) is 23.6. The third-order valence-corrected chi connectivity index (χ3v) is 6.55. The Kier molecular flexibility index (Phi) is 8.04. The van der Waals surface area contributed by atoms with Gasteiger partial charge in [-0.05, 0) is 63.4 Å². The largest absolute Gasteiger partial charge is 0.340 e. The summed E-state index contributed by atoms with van der Waals surface area (Å²) < 4.78 is 2.25. The third kappa shape index (κ3) is 5.14. The van der Waals surface area contributed by atoms with Crippen molar-refractivity contribution >= 4 is 0 Å². The van der Waals surface area contributed by atoms with Gasteiger partial charge >= 0.3 is 0 Å². The van der Waals surface area contributed by atoms with Crippen LogP contribution in [0.25, 0.3) is 39.3 Å². The van der Waals surface area contributed by atoms with Crippen LogP contribution in [0.1, 0.15) is 50.7 Å². The summed E-state index contributed by atoms with van der Waals surface area (Å²) in [5, 5.41) is 0. The number of benzene rings is 4. The number of nitrogens with zero attached hydrogens (tertiary/aromatic N) is 2. The molecule has 183 valence electrons. The Morgan fingerprint density at radius 3 is 1.89 bits per heavy atom. The first-order chi connectivity index (χ1) is 17.0. The summed E-state index contributed by atoms with van der Waals surface area (Å²) in [7, 11) is 0. The average molecular weight is 648 g/mol. The fraction of sp³-hybridized carbons (Fsp3) is 0.182. The molecule has 0 unspecified atom stereocenters. The van der Waals surface area contributed by atoms with Gasteiger partial charge in [-0.3, -0.25) is 4.98 Å². The SMILES string of the molecule is CC(C)c1cc(-c2cccc(-c3ccccc3)c2)cc(C(C)C)c1-n1ccnc1-c1[c-]cccc1.[Ir]. The van der Waals surface area contributed by atoms with Crippen molar-refractivity contribution in [3.63, 3.8) is 0 Å². The molecule has 4 aromatic carbocycles. The summed E-state index contributed by atoms with van der Waals surface area (Å²) >= 11 is 0. The molecule has 36 heavy (non-hydrogen) atoms. The van der Waals surface area contributed by atoms with Gasteiger partial charge in [-0.1, -0.05) is 76.2 Å². The zero-order valence-electron chi connectivity index (χ0n) is 21.2. The molecule has 0 N–H and O–H groups in total. The van der Waals surface area contributed by atoms with Crippen LogP contribution >= 0.6 is 0 Å². The van der Waals surface area contributed by atoms with Gasteiger partial charge in [-0.2, -0.15) is 0 Å². The quantitative estimate of drug-likeness (QED) is 0.168. The van der Waals surface area contributed by atoms with E-state index in [9.17, 15) is 0 Å². The summed E-state index contributed by atoms with van der Waals surface area (Å²) in [5.41, 5.74) is 9.86. The van der Waals surface area contributed by atoms with E-state index in [4.69, 9.17) is 4.98 Å². The van der Waals surface area contributed by atoms with E-state index >= 15 is 0 Å². The van der Waals surface area contributed by atoms with E-state index < -0.39 is 0 Å². The Balaban J connectivity index is 0.00000304. The van der Waals surface area contributed by atoms with Crippen molar-refractivity contribution < 1.29 is 20.1 Å². The van der Waals surface area contributed by atoms with Gasteiger partial charge in [0.15, 0.2) is 0 Å². The molecule has 0 bridgehead atoms. The maximum absolute atomic E-state index is 4.72. The molecular formula is C33H31IrN2-. The Labute approximate surface area is 228 Å². The van der Waals surface area contributed by atoms with Gasteiger partial charge in [0, 0.05) is 38.2 Å². The number of rotatable bonds is 6. The second-order valence-corrected chi connectivity index (χ2v) is 9.66. The van der Waals surface area contributed by atoms with Crippen LogP contribution in [0.2, 0.25) is 0 Å². The molecule has 0 saturated heterocycles. The Morgan fingerprint density at radius 2 is 1.28 bits per heavy atom. The van der Waals surface area contributed by atoms with Crippen molar-refractivity contribution in [3.8, 4) is 39.3 Å². The average Bonchev–Trinajstić information content (AvgIpc) is 3.38. The van der Waals surface area contributed by atoms with E-state index in [1.165, 1.54) is 39.1 Å². The van der Waals surface area contributed by atoms with E-state index in [1.807, 2.05) is 24.4 Å². The van der Waals surface area contributed by atoms with Crippen LogP contribution in [0, 0.1) is 6.07 Å². The normalized spacial score (nSPS) is 11.1. The van der Waals surface area contributed by atoms with E-state index in [0.717, 1.165) is 11.4 Å². The van der Waals surface area contributed by atoms with E-state index in [0.29, 0.717) is 11.8 Å². The summed E-state index contributed by atoms with van der Waals surface area (Å²) in [6.45, 7) is 9.10. The molecule has 1 aromatic heterocycles. The molecule has 3 heteroatoms. The molecule has 1 radical (unpaired) electrons. The van der Waals surface area contributed by atoms with Crippen molar-refractivity contribution in [3.05, 3.63) is 121 Å². The maximum atomic E-state index is 4.72. The van der Waals surface area contributed by atoms with Crippen LogP contribution in [0.3, 0.4) is 0 Å². The van der Waals surface area contributed by atoms with E-state index in [-0.39, 0.29) is 20.1 Å². The van der Waals surface area contributed by atoms with Gasteiger partial charge in [0.1, 0.15) is 0 Å². The molecule has 0 saturated carbocycles. The minimum absolute atomic E-state index is 0. The summed E-state index contributed by atoms with van der Waals surface area (Å²) in [6.07, 6.45) is 3.97. The monoisotopic (exact) mass is 648 g/mol. The van der Waals surface area contributed by atoms with Gasteiger partial charge in [0.25, 0.3) is 0 Å². The van der Waals surface area contributed by atoms with E-state index in [1.54, 1.807) is 0 Å². The van der Waals surface area contributed by atoms with Crippen LogP contribution in [-0.4, -0.2) is 9.55 Å². The standard InChI is InChI=1S/C33H31N2.Ir/c1-23(2)30-21-29(28-17-11-16-27(20-28)25-12-7-5-8-13-25)22-31(24(3)4)32(30)35-19-18-34-33(35)26-14-9-6-10-15-26;/h5-14,16-24H,1-4H3;/q-1;. The molecule has 0 aliphatic rings. The second-order valence-electron chi connectivity index (χ2n) is 9.66. The first kappa shape index (κ1) is 25.8. The van der Waals surface area contributed by atoms with Crippen molar-refractivity contribution in [1.82, 2.24) is 9.55 Å². The maximum Gasteiger partial charge on any atom is 0.0602 e. The van der Waals surface area contributed by atoms with Crippen LogP contribution in [0.15, 0.2) is 103 Å².